The zero-order chi connectivity index (χ0) is 16.6. The maximum Gasteiger partial charge on any atom is 0.325 e. The van der Waals surface area contributed by atoms with Crippen molar-refractivity contribution in [1.82, 2.24) is 25.0 Å². The van der Waals surface area contributed by atoms with Crippen LogP contribution in [0.3, 0.4) is 0 Å². The number of carbonyl (C=O) groups excluding carboxylic acids is 2. The highest BCUT2D eigenvalue weighted by Gasteiger charge is 2.51. The quantitative estimate of drug-likeness (QED) is 0.853. The van der Waals surface area contributed by atoms with E-state index in [0.717, 1.165) is 17.0 Å². The van der Waals surface area contributed by atoms with Gasteiger partial charge in [-0.1, -0.05) is 6.07 Å². The number of benzene rings is 1. The van der Waals surface area contributed by atoms with Crippen molar-refractivity contribution in [3.05, 3.63) is 48.1 Å². The molecule has 3 rings (SSSR count). The molecule has 2 aromatic rings. The number of carbonyl (C=O) groups is 2. The molecule has 7 nitrogen and oxygen atoms in total. The number of imide groups is 1. The molecule has 1 aliphatic heterocycles. The molecule has 0 radical (unpaired) electrons. The van der Waals surface area contributed by atoms with Crippen LogP contribution in [0.4, 0.5) is 13.6 Å². The lowest BCUT2D eigenvalue weighted by atomic mass is 9.91. The van der Waals surface area contributed by atoms with Gasteiger partial charge in [0.25, 0.3) is 5.91 Å². The van der Waals surface area contributed by atoms with Gasteiger partial charge in [-0.2, -0.15) is 5.10 Å². The molecule has 1 aromatic carbocycles. The van der Waals surface area contributed by atoms with Crippen LogP contribution in [0, 0.1) is 11.6 Å². The Bertz CT molecular complexity index is 744. The highest BCUT2D eigenvalue weighted by molar-refractivity contribution is 6.07. The molecule has 9 heteroatoms. The number of hydrogen-bond donors (Lipinski definition) is 1. The molecule has 0 aliphatic carbocycles. The van der Waals surface area contributed by atoms with Gasteiger partial charge < -0.3 is 5.32 Å². The number of rotatable bonds is 4. The Labute approximate surface area is 129 Å². The molecule has 1 unspecified atom stereocenters. The average molecular weight is 321 g/mol. The summed E-state index contributed by atoms with van der Waals surface area (Å²) >= 11 is 0. The van der Waals surface area contributed by atoms with E-state index in [1.54, 1.807) is 0 Å². The molecular formula is C14H13F2N5O2. The first kappa shape index (κ1) is 15.1. The Morgan fingerprint density at radius 2 is 1.91 bits per heavy atom. The summed E-state index contributed by atoms with van der Waals surface area (Å²) in [7, 11) is 0. The SMILES string of the molecule is CC1(c2c(F)cccc2F)NC(=O)N(CCn2cncn2)C1=O. The zero-order valence-corrected chi connectivity index (χ0v) is 12.2. The molecule has 23 heavy (non-hydrogen) atoms. The van der Waals surface area contributed by atoms with E-state index >= 15 is 0 Å². The number of nitrogens with one attached hydrogen (secondary N) is 1. The Hall–Kier alpha value is -2.84. The lowest BCUT2D eigenvalue weighted by molar-refractivity contribution is -0.131. The molecule has 1 aromatic heterocycles. The number of nitrogens with zero attached hydrogens (tertiary/aromatic N) is 4. The van der Waals surface area contributed by atoms with E-state index in [4.69, 9.17) is 0 Å². The van der Waals surface area contributed by atoms with Crippen LogP contribution in [-0.2, 0) is 16.9 Å². The molecule has 1 N–H and O–H groups in total. The van der Waals surface area contributed by atoms with Crippen LogP contribution in [0.15, 0.2) is 30.9 Å². The van der Waals surface area contributed by atoms with Gasteiger partial charge in [-0.3, -0.25) is 14.4 Å². The summed E-state index contributed by atoms with van der Waals surface area (Å²) in [6.07, 6.45) is 2.76. The summed E-state index contributed by atoms with van der Waals surface area (Å²) in [5.74, 6) is -2.50. The van der Waals surface area contributed by atoms with Gasteiger partial charge in [0.15, 0.2) is 0 Å². The standard InChI is InChI=1S/C14H13F2N5O2/c1-14(11-9(15)3-2-4-10(11)16)12(22)21(13(23)19-14)6-5-20-8-17-7-18-20/h2-4,7-8H,5-6H2,1H3,(H,19,23). The number of urea groups is 1. The molecule has 120 valence electrons. The van der Waals surface area contributed by atoms with Gasteiger partial charge in [0.1, 0.15) is 29.8 Å². The van der Waals surface area contributed by atoms with Gasteiger partial charge in [0, 0.05) is 0 Å². The van der Waals surface area contributed by atoms with E-state index in [1.165, 1.54) is 30.3 Å². The fourth-order valence-electron chi connectivity index (χ4n) is 2.60. The largest absolute Gasteiger partial charge is 0.325 e. The van der Waals surface area contributed by atoms with Crippen LogP contribution in [0.2, 0.25) is 0 Å². The molecule has 0 bridgehead atoms. The molecule has 1 saturated heterocycles. The van der Waals surface area contributed by atoms with E-state index in [1.807, 2.05) is 0 Å². The first-order valence-electron chi connectivity index (χ1n) is 6.84. The van der Waals surface area contributed by atoms with Crippen molar-refractivity contribution in [2.75, 3.05) is 6.54 Å². The van der Waals surface area contributed by atoms with Crippen LogP contribution in [0.5, 0.6) is 0 Å². The third kappa shape index (κ3) is 2.43. The van der Waals surface area contributed by atoms with Crippen LogP contribution in [-0.4, -0.2) is 38.1 Å². The van der Waals surface area contributed by atoms with Gasteiger partial charge in [-0.15, -0.1) is 0 Å². The Kier molecular flexibility index (Phi) is 3.55. The van der Waals surface area contributed by atoms with Crippen molar-refractivity contribution in [2.45, 2.75) is 19.0 Å². The minimum atomic E-state index is -1.78. The van der Waals surface area contributed by atoms with E-state index in [2.05, 4.69) is 15.4 Å². The molecule has 1 aliphatic rings. The second-order valence-electron chi connectivity index (χ2n) is 5.27. The monoisotopic (exact) mass is 321 g/mol. The fourth-order valence-corrected chi connectivity index (χ4v) is 2.60. The summed E-state index contributed by atoms with van der Waals surface area (Å²) in [5, 5.41) is 6.24. The smallest absolute Gasteiger partial charge is 0.319 e. The first-order chi connectivity index (χ1) is 10.9. The van der Waals surface area contributed by atoms with Crippen LogP contribution in [0.1, 0.15) is 12.5 Å². The number of amides is 3. The second kappa shape index (κ2) is 5.41. The summed E-state index contributed by atoms with van der Waals surface area (Å²) in [4.78, 5) is 29.3. The van der Waals surface area contributed by atoms with E-state index in [9.17, 15) is 18.4 Å². The normalized spacial score (nSPS) is 20.9. The highest BCUT2D eigenvalue weighted by Crippen LogP contribution is 2.32. The fraction of sp³-hybridized carbons (Fsp3) is 0.286. The zero-order valence-electron chi connectivity index (χ0n) is 12.2. The summed E-state index contributed by atoms with van der Waals surface area (Å²) in [6.45, 7) is 1.53. The first-order valence-corrected chi connectivity index (χ1v) is 6.84. The molecule has 1 fully saturated rings. The number of halogens is 2. The molecule has 0 saturated carbocycles. The van der Waals surface area contributed by atoms with Gasteiger partial charge in [0.2, 0.25) is 0 Å². The van der Waals surface area contributed by atoms with Gasteiger partial charge in [0.05, 0.1) is 18.7 Å². The Morgan fingerprint density at radius 3 is 2.52 bits per heavy atom. The van der Waals surface area contributed by atoms with Crippen LogP contribution < -0.4 is 5.32 Å². The van der Waals surface area contributed by atoms with E-state index < -0.39 is 34.7 Å². The molecular weight excluding hydrogens is 308 g/mol. The van der Waals surface area contributed by atoms with Crippen LogP contribution >= 0.6 is 0 Å². The van der Waals surface area contributed by atoms with Crippen molar-refractivity contribution < 1.29 is 18.4 Å². The van der Waals surface area contributed by atoms with Crippen LogP contribution in [0.25, 0.3) is 0 Å². The maximum absolute atomic E-state index is 14.0. The summed E-state index contributed by atoms with van der Waals surface area (Å²) in [5.41, 5.74) is -2.25. The van der Waals surface area contributed by atoms with Crippen molar-refractivity contribution in [2.24, 2.45) is 0 Å². The number of hydrogen-bond acceptors (Lipinski definition) is 4. The molecule has 0 spiro atoms. The lowest BCUT2D eigenvalue weighted by Gasteiger charge is -2.23. The minimum absolute atomic E-state index is 0.0136. The molecule has 2 heterocycles. The molecule has 1 atom stereocenters. The van der Waals surface area contributed by atoms with E-state index in [-0.39, 0.29) is 13.1 Å². The Balaban J connectivity index is 1.88. The molecule has 3 amide bonds. The number of aromatic nitrogens is 3. The Morgan fingerprint density at radius 1 is 1.22 bits per heavy atom. The minimum Gasteiger partial charge on any atom is -0.319 e. The summed E-state index contributed by atoms with van der Waals surface area (Å²) in [6, 6.07) is 2.57. The third-order valence-electron chi connectivity index (χ3n) is 3.76. The predicted octanol–water partition coefficient (Wildman–Crippen LogP) is 1.02. The van der Waals surface area contributed by atoms with Crippen molar-refractivity contribution in [1.29, 1.82) is 0 Å². The lowest BCUT2D eigenvalue weighted by Crippen LogP contribution is -2.42. The van der Waals surface area contributed by atoms with Gasteiger partial charge in [-0.25, -0.2) is 18.6 Å². The third-order valence-corrected chi connectivity index (χ3v) is 3.76. The predicted molar refractivity (Wildman–Crippen MR) is 74.0 cm³/mol. The average Bonchev–Trinajstić information content (AvgIpc) is 3.06. The van der Waals surface area contributed by atoms with Gasteiger partial charge in [-0.05, 0) is 19.1 Å². The van der Waals surface area contributed by atoms with Gasteiger partial charge >= 0.3 is 6.03 Å². The van der Waals surface area contributed by atoms with Crippen molar-refractivity contribution in [3.8, 4) is 0 Å². The summed E-state index contributed by atoms with van der Waals surface area (Å²) < 4.78 is 29.4. The second-order valence-corrected chi connectivity index (χ2v) is 5.27. The van der Waals surface area contributed by atoms with Crippen molar-refractivity contribution >= 4 is 11.9 Å². The topological polar surface area (TPSA) is 80.1 Å². The highest BCUT2D eigenvalue weighted by atomic mass is 19.1. The van der Waals surface area contributed by atoms with E-state index in [0.29, 0.717) is 0 Å². The maximum atomic E-state index is 14.0. The van der Waals surface area contributed by atoms with Crippen molar-refractivity contribution in [3.63, 3.8) is 0 Å².